The van der Waals surface area contributed by atoms with E-state index < -0.39 is 18.0 Å². The molecule has 27 heavy (non-hydrogen) atoms. The number of carbonyl (C=O) groups excluding carboxylic acids is 2. The molecule has 1 aliphatic carbocycles. The molecule has 1 fully saturated rings. The third-order valence-electron chi connectivity index (χ3n) is 5.25. The van der Waals surface area contributed by atoms with Gasteiger partial charge in [0.2, 0.25) is 0 Å². The Balaban J connectivity index is 0.000000527. The van der Waals surface area contributed by atoms with Crippen molar-refractivity contribution in [2.24, 2.45) is 5.41 Å². The Bertz CT molecular complexity index is 613. The number of Topliss-reactive ketones (excluding diaryl/α,β-unsaturated/α-hetero) is 1. The van der Waals surface area contributed by atoms with Crippen LogP contribution in [0.5, 0.6) is 0 Å². The van der Waals surface area contributed by atoms with Gasteiger partial charge in [-0.15, -0.1) is 0 Å². The highest BCUT2D eigenvalue weighted by Crippen LogP contribution is 2.35. The number of benzene rings is 1. The van der Waals surface area contributed by atoms with E-state index in [0.717, 1.165) is 37.8 Å². The fourth-order valence-electron chi connectivity index (χ4n) is 3.42. The summed E-state index contributed by atoms with van der Waals surface area (Å²) in [6.45, 7) is 4.57. The molecule has 7 heteroatoms. The molecule has 0 heterocycles. The minimum Gasteiger partial charge on any atom is -0.539 e. The van der Waals surface area contributed by atoms with Gasteiger partial charge in [-0.3, -0.25) is 4.79 Å². The van der Waals surface area contributed by atoms with Crippen molar-refractivity contribution < 1.29 is 35.0 Å². The minimum atomic E-state index is -2.07. The van der Waals surface area contributed by atoms with Crippen molar-refractivity contribution in [3.05, 3.63) is 35.9 Å². The molecule has 0 aromatic heterocycles. The SMILES string of the molecule is CC(=O)C1(C[NH2+]C(C)C(O)c2ccccc2)CCCCC1.O=C([O-])C(=O)O. The summed E-state index contributed by atoms with van der Waals surface area (Å²) in [6, 6.07) is 9.82. The molecule has 0 spiro atoms. The van der Waals surface area contributed by atoms with Crippen LogP contribution in [-0.2, 0) is 14.4 Å². The van der Waals surface area contributed by atoms with Gasteiger partial charge in [0.25, 0.3) is 0 Å². The van der Waals surface area contributed by atoms with Crippen molar-refractivity contribution in [2.45, 2.75) is 58.1 Å². The summed E-state index contributed by atoms with van der Waals surface area (Å²) in [5.74, 6) is -3.69. The van der Waals surface area contributed by atoms with Gasteiger partial charge in [0, 0.05) is 0 Å². The Hall–Kier alpha value is -2.25. The fourth-order valence-corrected chi connectivity index (χ4v) is 3.42. The third-order valence-corrected chi connectivity index (χ3v) is 5.25. The number of hydrogen-bond donors (Lipinski definition) is 3. The zero-order valence-corrected chi connectivity index (χ0v) is 15.9. The predicted octanol–water partition coefficient (Wildman–Crippen LogP) is 0.0323. The molecule has 150 valence electrons. The number of aliphatic hydroxyl groups is 1. The van der Waals surface area contributed by atoms with Gasteiger partial charge in [-0.1, -0.05) is 49.6 Å². The zero-order valence-electron chi connectivity index (χ0n) is 15.9. The molecule has 1 aliphatic rings. The number of ketones is 1. The molecule has 0 radical (unpaired) electrons. The van der Waals surface area contributed by atoms with Gasteiger partial charge in [0.1, 0.15) is 17.9 Å². The molecule has 2 rings (SSSR count). The maximum absolute atomic E-state index is 12.1. The van der Waals surface area contributed by atoms with E-state index in [0.29, 0.717) is 5.78 Å². The quantitative estimate of drug-likeness (QED) is 0.598. The third kappa shape index (κ3) is 7.11. The van der Waals surface area contributed by atoms with Gasteiger partial charge in [-0.25, -0.2) is 4.79 Å². The first-order valence-corrected chi connectivity index (χ1v) is 9.21. The van der Waals surface area contributed by atoms with Crippen LogP contribution in [0.4, 0.5) is 0 Å². The monoisotopic (exact) mass is 379 g/mol. The Morgan fingerprint density at radius 1 is 1.15 bits per heavy atom. The predicted molar refractivity (Wildman–Crippen MR) is 96.5 cm³/mol. The van der Waals surface area contributed by atoms with Crippen LogP contribution in [0.25, 0.3) is 0 Å². The van der Waals surface area contributed by atoms with E-state index in [4.69, 9.17) is 19.8 Å². The van der Waals surface area contributed by atoms with E-state index in [2.05, 4.69) is 5.32 Å². The van der Waals surface area contributed by atoms with Crippen molar-refractivity contribution >= 4 is 17.7 Å². The second-order valence-electron chi connectivity index (χ2n) is 7.14. The number of hydrogen-bond acceptors (Lipinski definition) is 5. The smallest absolute Gasteiger partial charge is 0.351 e. The van der Waals surface area contributed by atoms with Crippen LogP contribution in [0.2, 0.25) is 0 Å². The summed E-state index contributed by atoms with van der Waals surface area (Å²) in [6.07, 6.45) is 5.09. The van der Waals surface area contributed by atoms with Gasteiger partial charge in [-0.05, 0) is 32.3 Å². The molecule has 2 unspecified atom stereocenters. The van der Waals surface area contributed by atoms with Crippen molar-refractivity contribution in [2.75, 3.05) is 6.54 Å². The van der Waals surface area contributed by atoms with Crippen molar-refractivity contribution in [1.29, 1.82) is 0 Å². The Morgan fingerprint density at radius 2 is 1.67 bits per heavy atom. The number of quaternary nitrogens is 1. The van der Waals surface area contributed by atoms with Crippen LogP contribution in [0.15, 0.2) is 30.3 Å². The summed E-state index contributed by atoms with van der Waals surface area (Å²) in [4.78, 5) is 30.1. The van der Waals surface area contributed by atoms with Crippen molar-refractivity contribution in [3.8, 4) is 0 Å². The lowest BCUT2D eigenvalue weighted by molar-refractivity contribution is -0.703. The van der Waals surface area contributed by atoms with Gasteiger partial charge >= 0.3 is 5.97 Å². The van der Waals surface area contributed by atoms with Crippen LogP contribution in [0.1, 0.15) is 57.6 Å². The normalized spacial score (nSPS) is 17.7. The standard InChI is InChI=1S/C18H27NO2.C2H2O4/c1-14(17(21)16-9-5-3-6-10-16)19-13-18(15(2)20)11-7-4-8-12-18;3-1(4)2(5)6/h3,5-6,9-10,14,17,19,21H,4,7-8,11-13H2,1-2H3;(H,3,4)(H,5,6). The number of rotatable bonds is 6. The van der Waals surface area contributed by atoms with Gasteiger partial charge in [0.05, 0.1) is 12.0 Å². The molecule has 4 N–H and O–H groups in total. The molecule has 0 amide bonds. The maximum Gasteiger partial charge on any atom is 0.351 e. The number of carboxylic acid groups (broad SMARTS) is 2. The lowest BCUT2D eigenvalue weighted by Gasteiger charge is -2.34. The van der Waals surface area contributed by atoms with Crippen LogP contribution in [-0.4, -0.2) is 40.5 Å². The average Bonchev–Trinajstić information content (AvgIpc) is 2.67. The molecule has 2 atom stereocenters. The summed E-state index contributed by atoms with van der Waals surface area (Å²) < 4.78 is 0. The lowest BCUT2D eigenvalue weighted by Crippen LogP contribution is -2.93. The van der Waals surface area contributed by atoms with Gasteiger partial charge in [0.15, 0.2) is 5.97 Å². The van der Waals surface area contributed by atoms with E-state index in [1.54, 1.807) is 6.92 Å². The van der Waals surface area contributed by atoms with Crippen LogP contribution in [0.3, 0.4) is 0 Å². The van der Waals surface area contributed by atoms with Crippen LogP contribution < -0.4 is 10.4 Å². The second-order valence-corrected chi connectivity index (χ2v) is 7.14. The number of nitrogens with two attached hydrogens (primary N) is 1. The maximum atomic E-state index is 12.1. The fraction of sp³-hybridized carbons (Fsp3) is 0.550. The van der Waals surface area contributed by atoms with E-state index >= 15 is 0 Å². The van der Waals surface area contributed by atoms with E-state index in [-0.39, 0.29) is 11.5 Å². The summed E-state index contributed by atoms with van der Waals surface area (Å²) in [5, 5.41) is 28.9. The number of aliphatic carboxylic acids is 2. The molecular formula is C20H29NO6. The van der Waals surface area contributed by atoms with Crippen LogP contribution in [0, 0.1) is 5.41 Å². The summed E-state index contributed by atoms with van der Waals surface area (Å²) >= 11 is 0. The molecule has 1 saturated carbocycles. The number of carboxylic acids is 2. The van der Waals surface area contributed by atoms with Crippen molar-refractivity contribution in [1.82, 2.24) is 0 Å². The Kier molecular flexibility index (Phi) is 9.11. The first-order chi connectivity index (χ1) is 12.7. The Labute approximate surface area is 159 Å². The summed E-state index contributed by atoms with van der Waals surface area (Å²) in [5.41, 5.74) is 0.782. The molecule has 0 saturated heterocycles. The highest BCUT2D eigenvalue weighted by Gasteiger charge is 2.39. The second kappa shape index (κ2) is 10.8. The number of carbonyl (C=O) groups is 3. The van der Waals surface area contributed by atoms with E-state index in [1.807, 2.05) is 37.3 Å². The first-order valence-electron chi connectivity index (χ1n) is 9.21. The minimum absolute atomic E-state index is 0.0607. The van der Waals surface area contributed by atoms with Crippen LogP contribution >= 0.6 is 0 Å². The highest BCUT2D eigenvalue weighted by atomic mass is 16.4. The van der Waals surface area contributed by atoms with E-state index in [9.17, 15) is 9.90 Å². The topological polar surface area (TPSA) is 131 Å². The van der Waals surface area contributed by atoms with Crippen molar-refractivity contribution in [3.63, 3.8) is 0 Å². The molecule has 7 nitrogen and oxygen atoms in total. The average molecular weight is 379 g/mol. The molecular weight excluding hydrogens is 350 g/mol. The largest absolute Gasteiger partial charge is 0.539 e. The number of aliphatic hydroxyl groups excluding tert-OH is 1. The van der Waals surface area contributed by atoms with Gasteiger partial charge < -0.3 is 25.4 Å². The molecule has 1 aromatic rings. The Morgan fingerprint density at radius 3 is 2.11 bits per heavy atom. The van der Waals surface area contributed by atoms with Gasteiger partial charge in [-0.2, -0.15) is 0 Å². The van der Waals surface area contributed by atoms with E-state index in [1.165, 1.54) is 6.42 Å². The highest BCUT2D eigenvalue weighted by molar-refractivity contribution is 6.26. The molecule has 1 aromatic carbocycles. The zero-order chi connectivity index (χ0) is 20.4. The molecule has 0 bridgehead atoms. The molecule has 0 aliphatic heterocycles. The lowest BCUT2D eigenvalue weighted by atomic mass is 9.71. The first kappa shape index (κ1) is 22.8. The summed E-state index contributed by atoms with van der Waals surface area (Å²) in [7, 11) is 0.